The maximum absolute atomic E-state index is 14.0. The third-order valence-corrected chi connectivity index (χ3v) is 2.73. The molecule has 0 radical (unpaired) electrons. The van der Waals surface area contributed by atoms with Crippen LogP contribution in [0.15, 0.2) is 18.2 Å². The van der Waals surface area contributed by atoms with Crippen molar-refractivity contribution in [3.05, 3.63) is 35.4 Å². The summed E-state index contributed by atoms with van der Waals surface area (Å²) in [6, 6.07) is 4.92. The summed E-state index contributed by atoms with van der Waals surface area (Å²) in [5.74, 6) is 0.199. The summed E-state index contributed by atoms with van der Waals surface area (Å²) in [6.07, 6.45) is 0. The predicted octanol–water partition coefficient (Wildman–Crippen LogP) is 1.82. The molecule has 0 spiro atoms. The maximum Gasteiger partial charge on any atom is 0.212 e. The Hall–Kier alpha value is -2.02. The zero-order valence-electron chi connectivity index (χ0n) is 12.7. The van der Waals surface area contributed by atoms with Gasteiger partial charge in [0.1, 0.15) is 0 Å². The molecule has 21 heavy (non-hydrogen) atoms. The van der Waals surface area contributed by atoms with Gasteiger partial charge in [-0.25, -0.2) is 4.39 Å². The number of benzene rings is 1. The van der Waals surface area contributed by atoms with Crippen LogP contribution in [-0.4, -0.2) is 25.7 Å². The fourth-order valence-electron chi connectivity index (χ4n) is 1.66. The minimum absolute atomic E-state index is 0.0106. The van der Waals surface area contributed by atoms with E-state index in [-0.39, 0.29) is 17.9 Å². The Kier molecular flexibility index (Phi) is 4.52. The monoisotopic (exact) mass is 293 g/mol. The Morgan fingerprint density at radius 3 is 2.67 bits per heavy atom. The molecule has 0 aliphatic rings. The van der Waals surface area contributed by atoms with Crippen LogP contribution in [0.2, 0.25) is 0 Å². The number of hydrogen-bond acceptors (Lipinski definition) is 5. The van der Waals surface area contributed by atoms with Gasteiger partial charge in [-0.3, -0.25) is 0 Å². The van der Waals surface area contributed by atoms with Gasteiger partial charge in [-0.2, -0.15) is 4.80 Å². The Morgan fingerprint density at radius 1 is 1.33 bits per heavy atom. The van der Waals surface area contributed by atoms with Gasteiger partial charge in [0.15, 0.2) is 18.2 Å². The van der Waals surface area contributed by atoms with E-state index < -0.39 is 5.82 Å². The van der Waals surface area contributed by atoms with Crippen molar-refractivity contribution in [2.75, 3.05) is 0 Å². The van der Waals surface area contributed by atoms with E-state index in [1.165, 1.54) is 10.9 Å². The molecule has 7 heteroatoms. The number of ether oxygens (including phenoxy) is 1. The maximum atomic E-state index is 14.0. The lowest BCUT2D eigenvalue weighted by molar-refractivity contribution is 0.280. The van der Waals surface area contributed by atoms with Crippen LogP contribution in [0.5, 0.6) is 5.75 Å². The number of rotatable bonds is 5. The van der Waals surface area contributed by atoms with Crippen molar-refractivity contribution in [1.29, 1.82) is 0 Å². The normalized spacial score (nSPS) is 11.7. The largest absolute Gasteiger partial charge is 0.482 e. The van der Waals surface area contributed by atoms with Crippen LogP contribution in [0.4, 0.5) is 4.39 Å². The summed E-state index contributed by atoms with van der Waals surface area (Å²) < 4.78 is 19.3. The second-order valence-electron chi connectivity index (χ2n) is 5.85. The van der Waals surface area contributed by atoms with Gasteiger partial charge in [0, 0.05) is 12.1 Å². The number of aryl methyl sites for hydroxylation is 1. The summed E-state index contributed by atoms with van der Waals surface area (Å²) in [7, 11) is 1.66. The highest BCUT2D eigenvalue weighted by molar-refractivity contribution is 5.29. The SMILES string of the molecule is Cn1nnc(COc2ccc(CNC(C)(C)C)cc2F)n1. The van der Waals surface area contributed by atoms with Gasteiger partial charge in [0.05, 0.1) is 7.05 Å². The van der Waals surface area contributed by atoms with Crippen molar-refractivity contribution in [2.45, 2.75) is 39.5 Å². The molecule has 0 unspecified atom stereocenters. The molecule has 0 atom stereocenters. The number of hydrogen-bond donors (Lipinski definition) is 1. The molecule has 0 saturated heterocycles. The van der Waals surface area contributed by atoms with Gasteiger partial charge in [-0.05, 0) is 43.7 Å². The van der Waals surface area contributed by atoms with Gasteiger partial charge < -0.3 is 10.1 Å². The van der Waals surface area contributed by atoms with Crippen LogP contribution in [0.1, 0.15) is 32.2 Å². The fourth-order valence-corrected chi connectivity index (χ4v) is 1.66. The highest BCUT2D eigenvalue weighted by Crippen LogP contribution is 2.19. The Morgan fingerprint density at radius 2 is 2.10 bits per heavy atom. The van der Waals surface area contributed by atoms with E-state index in [2.05, 4.69) is 41.5 Å². The summed E-state index contributed by atoms with van der Waals surface area (Å²) in [6.45, 7) is 6.88. The van der Waals surface area contributed by atoms with Crippen LogP contribution in [0.3, 0.4) is 0 Å². The van der Waals surface area contributed by atoms with E-state index in [4.69, 9.17) is 4.74 Å². The average Bonchev–Trinajstić information content (AvgIpc) is 2.80. The van der Waals surface area contributed by atoms with Crippen LogP contribution in [0, 0.1) is 5.82 Å². The number of aromatic nitrogens is 4. The molecule has 0 fully saturated rings. The van der Waals surface area contributed by atoms with Gasteiger partial charge in [-0.1, -0.05) is 6.07 Å². The van der Waals surface area contributed by atoms with E-state index in [1.807, 2.05) is 6.07 Å². The molecule has 6 nitrogen and oxygen atoms in total. The van der Waals surface area contributed by atoms with E-state index in [1.54, 1.807) is 13.1 Å². The smallest absolute Gasteiger partial charge is 0.212 e. The fraction of sp³-hybridized carbons (Fsp3) is 0.500. The Balaban J connectivity index is 1.95. The zero-order valence-corrected chi connectivity index (χ0v) is 12.7. The first-order chi connectivity index (χ1) is 9.83. The molecule has 2 rings (SSSR count). The van der Waals surface area contributed by atoms with Crippen molar-refractivity contribution >= 4 is 0 Å². The van der Waals surface area contributed by atoms with Crippen molar-refractivity contribution in [1.82, 2.24) is 25.5 Å². The molecule has 0 amide bonds. The van der Waals surface area contributed by atoms with Crippen LogP contribution in [-0.2, 0) is 20.2 Å². The second kappa shape index (κ2) is 6.17. The lowest BCUT2D eigenvalue weighted by Gasteiger charge is -2.20. The van der Waals surface area contributed by atoms with Gasteiger partial charge >= 0.3 is 0 Å². The molecule has 1 aromatic carbocycles. The molecule has 0 aliphatic carbocycles. The summed E-state index contributed by atoms with van der Waals surface area (Å²) >= 11 is 0. The molecule has 0 bridgehead atoms. The Bertz CT molecular complexity index is 606. The molecule has 0 saturated carbocycles. The summed E-state index contributed by atoms with van der Waals surface area (Å²) in [5.41, 5.74) is 0.857. The van der Waals surface area contributed by atoms with E-state index in [9.17, 15) is 4.39 Å². The van der Waals surface area contributed by atoms with Crippen LogP contribution in [0.25, 0.3) is 0 Å². The summed E-state index contributed by atoms with van der Waals surface area (Å²) in [5, 5.41) is 14.7. The third-order valence-electron chi connectivity index (χ3n) is 2.73. The molecule has 1 heterocycles. The van der Waals surface area contributed by atoms with E-state index in [0.717, 1.165) is 5.56 Å². The second-order valence-corrected chi connectivity index (χ2v) is 5.85. The molecule has 1 aromatic heterocycles. The Labute approximate surface area is 123 Å². The standard InChI is InChI=1S/C14H20FN5O/c1-14(2,3)16-8-10-5-6-12(11(15)7-10)21-9-13-17-19-20(4)18-13/h5-7,16H,8-9H2,1-4H3. The molecular weight excluding hydrogens is 273 g/mol. The molecular formula is C14H20FN5O. The minimum Gasteiger partial charge on any atom is -0.482 e. The van der Waals surface area contributed by atoms with Crippen molar-refractivity contribution in [3.63, 3.8) is 0 Å². The summed E-state index contributed by atoms with van der Waals surface area (Å²) in [4.78, 5) is 1.33. The molecule has 0 aliphatic heterocycles. The number of tetrazole rings is 1. The first kappa shape index (κ1) is 15.4. The zero-order chi connectivity index (χ0) is 15.5. The average molecular weight is 293 g/mol. The predicted molar refractivity (Wildman–Crippen MR) is 76.1 cm³/mol. The number of halogens is 1. The third kappa shape index (κ3) is 4.78. The van der Waals surface area contributed by atoms with Crippen LogP contribution >= 0.6 is 0 Å². The van der Waals surface area contributed by atoms with E-state index >= 15 is 0 Å². The molecule has 1 N–H and O–H groups in total. The highest BCUT2D eigenvalue weighted by Gasteiger charge is 2.11. The lowest BCUT2D eigenvalue weighted by atomic mass is 10.1. The first-order valence-electron chi connectivity index (χ1n) is 6.72. The van der Waals surface area contributed by atoms with Crippen molar-refractivity contribution in [3.8, 4) is 5.75 Å². The topological polar surface area (TPSA) is 64.9 Å². The van der Waals surface area contributed by atoms with Crippen molar-refractivity contribution in [2.24, 2.45) is 7.05 Å². The van der Waals surface area contributed by atoms with E-state index in [0.29, 0.717) is 12.4 Å². The quantitative estimate of drug-likeness (QED) is 0.911. The minimum atomic E-state index is -0.396. The lowest BCUT2D eigenvalue weighted by Crippen LogP contribution is -2.35. The number of nitrogens with zero attached hydrogens (tertiary/aromatic N) is 4. The van der Waals surface area contributed by atoms with Crippen molar-refractivity contribution < 1.29 is 9.13 Å². The van der Waals surface area contributed by atoms with Gasteiger partial charge in [0.2, 0.25) is 5.82 Å². The number of nitrogens with one attached hydrogen (secondary N) is 1. The van der Waals surface area contributed by atoms with Gasteiger partial charge in [-0.15, -0.1) is 10.2 Å². The highest BCUT2D eigenvalue weighted by atomic mass is 19.1. The van der Waals surface area contributed by atoms with Gasteiger partial charge in [0.25, 0.3) is 0 Å². The molecule has 2 aromatic rings. The first-order valence-corrected chi connectivity index (χ1v) is 6.72. The van der Waals surface area contributed by atoms with Crippen LogP contribution < -0.4 is 10.1 Å². The molecule has 114 valence electrons.